The SMILES string of the molecule is CSc1nnc(SCC(=O)NC(=O)NC23CC4CC(CC(C4)C2)C3)s1. The van der Waals surface area contributed by atoms with Crippen LogP contribution in [-0.2, 0) is 4.79 Å². The van der Waals surface area contributed by atoms with Crippen molar-refractivity contribution in [1.29, 1.82) is 0 Å². The average Bonchev–Trinajstić information content (AvgIpc) is 2.99. The van der Waals surface area contributed by atoms with Crippen LogP contribution in [-0.4, -0.2) is 39.7 Å². The number of hydrogen-bond acceptors (Lipinski definition) is 7. The molecule has 0 spiro atoms. The Kier molecular flexibility index (Phi) is 4.98. The molecule has 4 bridgehead atoms. The zero-order chi connectivity index (χ0) is 17.4. The fraction of sp³-hybridized carbons (Fsp3) is 0.750. The van der Waals surface area contributed by atoms with Gasteiger partial charge >= 0.3 is 6.03 Å². The monoisotopic (exact) mass is 398 g/mol. The third-order valence-electron chi connectivity index (χ3n) is 5.56. The molecule has 6 nitrogen and oxygen atoms in total. The van der Waals surface area contributed by atoms with Crippen LogP contribution in [0.1, 0.15) is 38.5 Å². The summed E-state index contributed by atoms with van der Waals surface area (Å²) in [6.45, 7) is 0. The molecule has 25 heavy (non-hydrogen) atoms. The summed E-state index contributed by atoms with van der Waals surface area (Å²) in [5, 5.41) is 13.7. The largest absolute Gasteiger partial charge is 0.332 e. The lowest BCUT2D eigenvalue weighted by atomic mass is 9.53. The zero-order valence-corrected chi connectivity index (χ0v) is 16.6. The summed E-state index contributed by atoms with van der Waals surface area (Å²) in [7, 11) is 0. The van der Waals surface area contributed by atoms with Gasteiger partial charge in [-0.2, -0.15) is 0 Å². The van der Waals surface area contributed by atoms with E-state index >= 15 is 0 Å². The fourth-order valence-corrected chi connectivity index (χ4v) is 7.40. The van der Waals surface area contributed by atoms with E-state index in [2.05, 4.69) is 20.8 Å². The molecule has 0 unspecified atom stereocenters. The second-order valence-electron chi connectivity index (χ2n) is 7.53. The van der Waals surface area contributed by atoms with Crippen LogP contribution in [0.2, 0.25) is 0 Å². The maximum Gasteiger partial charge on any atom is 0.321 e. The van der Waals surface area contributed by atoms with Gasteiger partial charge in [0.05, 0.1) is 5.75 Å². The number of imide groups is 1. The van der Waals surface area contributed by atoms with Crippen LogP contribution in [0.25, 0.3) is 0 Å². The molecule has 2 N–H and O–H groups in total. The smallest absolute Gasteiger partial charge is 0.321 e. The van der Waals surface area contributed by atoms with Crippen molar-refractivity contribution in [2.45, 2.75) is 52.7 Å². The summed E-state index contributed by atoms with van der Waals surface area (Å²) in [5.41, 5.74) is -0.0707. The molecule has 1 heterocycles. The van der Waals surface area contributed by atoms with Crippen LogP contribution in [0, 0.1) is 17.8 Å². The minimum atomic E-state index is -0.338. The van der Waals surface area contributed by atoms with Gasteiger partial charge in [0.2, 0.25) is 5.91 Å². The highest BCUT2D eigenvalue weighted by atomic mass is 32.2. The number of hydrogen-bond donors (Lipinski definition) is 2. The van der Waals surface area contributed by atoms with Crippen LogP contribution >= 0.6 is 34.9 Å². The fourth-order valence-electron chi connectivity index (χ4n) is 5.16. The van der Waals surface area contributed by atoms with E-state index in [0.717, 1.165) is 45.7 Å². The first-order chi connectivity index (χ1) is 12.0. The Hall–Kier alpha value is -0.800. The van der Waals surface area contributed by atoms with Gasteiger partial charge in [0.25, 0.3) is 0 Å². The van der Waals surface area contributed by atoms with Crippen molar-refractivity contribution in [2.75, 3.05) is 12.0 Å². The molecule has 4 aliphatic carbocycles. The summed E-state index contributed by atoms with van der Waals surface area (Å²) in [5.74, 6) is 2.19. The average molecular weight is 399 g/mol. The molecule has 5 rings (SSSR count). The van der Waals surface area contributed by atoms with Gasteiger partial charge in [-0.3, -0.25) is 10.1 Å². The number of aromatic nitrogens is 2. The molecule has 0 atom stereocenters. The Bertz CT molecular complexity index is 643. The quantitative estimate of drug-likeness (QED) is 0.741. The van der Waals surface area contributed by atoms with Crippen LogP contribution in [0.15, 0.2) is 8.68 Å². The van der Waals surface area contributed by atoms with E-state index in [4.69, 9.17) is 0 Å². The Morgan fingerprint density at radius 1 is 1.12 bits per heavy atom. The van der Waals surface area contributed by atoms with Crippen molar-refractivity contribution < 1.29 is 9.59 Å². The number of thioether (sulfide) groups is 2. The van der Waals surface area contributed by atoms with Crippen molar-refractivity contribution in [3.63, 3.8) is 0 Å². The van der Waals surface area contributed by atoms with E-state index in [-0.39, 0.29) is 23.2 Å². The standard InChI is InChI=1S/C16H22N4O2S3/c1-23-14-19-20-15(25-14)24-8-12(21)17-13(22)18-16-5-9-2-10(6-16)4-11(3-9)7-16/h9-11H,2-8H2,1H3,(H2,17,18,21,22). The first-order valence-electron chi connectivity index (χ1n) is 8.66. The molecule has 0 aromatic carbocycles. The highest BCUT2D eigenvalue weighted by Crippen LogP contribution is 2.55. The molecular formula is C16H22N4O2S3. The predicted molar refractivity (Wildman–Crippen MR) is 100.0 cm³/mol. The molecule has 0 saturated heterocycles. The lowest BCUT2D eigenvalue weighted by molar-refractivity contribution is -0.117. The molecule has 3 amide bonds. The molecule has 4 fully saturated rings. The summed E-state index contributed by atoms with van der Waals surface area (Å²) in [4.78, 5) is 24.4. The molecule has 9 heteroatoms. The summed E-state index contributed by atoms with van der Waals surface area (Å²) >= 11 is 4.31. The van der Waals surface area contributed by atoms with Gasteiger partial charge in [-0.05, 0) is 62.5 Å². The Balaban J connectivity index is 1.26. The van der Waals surface area contributed by atoms with Gasteiger partial charge in [-0.25, -0.2) is 4.79 Å². The minimum Gasteiger partial charge on any atom is -0.332 e. The van der Waals surface area contributed by atoms with E-state index in [1.807, 2.05) is 6.26 Å². The Labute approximate surface area is 159 Å². The Morgan fingerprint density at radius 3 is 2.28 bits per heavy atom. The first kappa shape index (κ1) is 17.6. The number of nitrogens with one attached hydrogen (secondary N) is 2. The molecule has 4 saturated carbocycles. The van der Waals surface area contributed by atoms with Gasteiger partial charge in [-0.15, -0.1) is 10.2 Å². The van der Waals surface area contributed by atoms with Crippen LogP contribution in [0.3, 0.4) is 0 Å². The lowest BCUT2D eigenvalue weighted by Crippen LogP contribution is -2.61. The Morgan fingerprint density at radius 2 is 1.72 bits per heavy atom. The summed E-state index contributed by atoms with van der Waals surface area (Å²) < 4.78 is 1.63. The normalized spacial score (nSPS) is 32.6. The number of carbonyl (C=O) groups excluding carboxylic acids is 2. The predicted octanol–water partition coefficient (Wildman–Crippen LogP) is 3.15. The first-order valence-corrected chi connectivity index (χ1v) is 11.7. The van der Waals surface area contributed by atoms with Crippen molar-refractivity contribution in [3.8, 4) is 0 Å². The number of amides is 3. The number of nitrogens with zero attached hydrogens (tertiary/aromatic N) is 2. The van der Waals surface area contributed by atoms with Gasteiger partial charge in [0.1, 0.15) is 0 Å². The van der Waals surface area contributed by atoms with Crippen LogP contribution in [0.5, 0.6) is 0 Å². The van der Waals surface area contributed by atoms with Crippen LogP contribution < -0.4 is 10.6 Å². The second-order valence-corrected chi connectivity index (χ2v) is 10.8. The van der Waals surface area contributed by atoms with Gasteiger partial charge in [0.15, 0.2) is 8.68 Å². The van der Waals surface area contributed by atoms with Crippen molar-refractivity contribution in [1.82, 2.24) is 20.8 Å². The molecule has 0 radical (unpaired) electrons. The lowest BCUT2D eigenvalue weighted by Gasteiger charge is -2.56. The zero-order valence-electron chi connectivity index (χ0n) is 14.1. The highest BCUT2D eigenvalue weighted by Gasteiger charge is 2.51. The third-order valence-corrected chi connectivity index (χ3v) is 8.59. The summed E-state index contributed by atoms with van der Waals surface area (Å²) in [6.07, 6.45) is 9.18. The molecular weight excluding hydrogens is 376 g/mol. The number of urea groups is 1. The van der Waals surface area contributed by atoms with Crippen molar-refractivity contribution in [2.24, 2.45) is 17.8 Å². The van der Waals surface area contributed by atoms with Crippen molar-refractivity contribution >= 4 is 46.8 Å². The highest BCUT2D eigenvalue weighted by molar-refractivity contribution is 8.03. The minimum absolute atomic E-state index is 0.0707. The second kappa shape index (κ2) is 7.08. The number of rotatable bonds is 5. The maximum absolute atomic E-state index is 12.3. The molecule has 136 valence electrons. The molecule has 0 aliphatic heterocycles. The van der Waals surface area contributed by atoms with E-state index in [1.165, 1.54) is 54.1 Å². The van der Waals surface area contributed by atoms with E-state index in [0.29, 0.717) is 0 Å². The topological polar surface area (TPSA) is 84.0 Å². The van der Waals surface area contributed by atoms with E-state index < -0.39 is 0 Å². The maximum atomic E-state index is 12.3. The molecule has 4 aliphatic rings. The molecule has 1 aromatic rings. The van der Waals surface area contributed by atoms with Gasteiger partial charge in [-0.1, -0.05) is 34.9 Å². The number of carbonyl (C=O) groups is 2. The van der Waals surface area contributed by atoms with Gasteiger partial charge < -0.3 is 5.32 Å². The van der Waals surface area contributed by atoms with Gasteiger partial charge in [0, 0.05) is 5.54 Å². The van der Waals surface area contributed by atoms with E-state index in [9.17, 15) is 9.59 Å². The third kappa shape index (κ3) is 3.98. The van der Waals surface area contributed by atoms with E-state index in [1.54, 1.807) is 0 Å². The summed E-state index contributed by atoms with van der Waals surface area (Å²) in [6, 6.07) is -0.338. The molecule has 1 aromatic heterocycles. The van der Waals surface area contributed by atoms with Crippen molar-refractivity contribution in [3.05, 3.63) is 0 Å². The van der Waals surface area contributed by atoms with Crippen LogP contribution in [0.4, 0.5) is 4.79 Å².